The van der Waals surface area contributed by atoms with Crippen molar-refractivity contribution in [3.05, 3.63) is 0 Å². The molecule has 0 radical (unpaired) electrons. The first kappa shape index (κ1) is 10.4. The van der Waals surface area contributed by atoms with Crippen molar-refractivity contribution in [3.63, 3.8) is 0 Å². The number of hydrogen-bond acceptors (Lipinski definition) is 3. The quantitative estimate of drug-likeness (QED) is 0.674. The molecule has 0 aliphatic carbocycles. The molecule has 76 valence electrons. The first-order valence-electron chi connectivity index (χ1n) is 3.56. The summed E-state index contributed by atoms with van der Waals surface area (Å²) in [5, 5.41) is 8.37. The molecule has 0 aromatic carbocycles. The minimum absolute atomic E-state index is 0.473. The molecule has 4 nitrogen and oxygen atoms in total. The molecule has 1 atom stereocenters. The lowest BCUT2D eigenvalue weighted by Crippen LogP contribution is -2.46. The SMILES string of the molecule is O=C(O)C1CCS(=O)(=O)CC1(F)F. The summed E-state index contributed by atoms with van der Waals surface area (Å²) in [4.78, 5) is 10.3. The molecule has 0 spiro atoms. The highest BCUT2D eigenvalue weighted by molar-refractivity contribution is 7.91. The third kappa shape index (κ3) is 2.15. The maximum absolute atomic E-state index is 12.9. The van der Waals surface area contributed by atoms with Gasteiger partial charge in [0.05, 0.1) is 5.75 Å². The zero-order valence-electron chi connectivity index (χ0n) is 6.53. The van der Waals surface area contributed by atoms with E-state index in [0.717, 1.165) is 0 Å². The van der Waals surface area contributed by atoms with E-state index in [1.807, 2.05) is 0 Å². The maximum Gasteiger partial charge on any atom is 0.312 e. The summed E-state index contributed by atoms with van der Waals surface area (Å²) in [6, 6.07) is 0. The van der Waals surface area contributed by atoms with Gasteiger partial charge in [0.25, 0.3) is 5.92 Å². The van der Waals surface area contributed by atoms with Crippen LogP contribution < -0.4 is 0 Å². The molecule has 1 fully saturated rings. The summed E-state index contributed by atoms with van der Waals surface area (Å²) < 4.78 is 47.2. The number of carboxylic acids is 1. The Balaban J connectivity index is 2.92. The Bertz CT molecular complexity index is 322. The molecule has 1 aliphatic heterocycles. The van der Waals surface area contributed by atoms with Crippen molar-refractivity contribution in [2.75, 3.05) is 11.5 Å². The fourth-order valence-electron chi connectivity index (χ4n) is 1.28. The standard InChI is InChI=1S/C6H8F2O4S/c7-6(8)3-13(11,12)2-1-4(6)5(9)10/h4H,1-3H2,(H,9,10). The third-order valence-corrected chi connectivity index (χ3v) is 3.62. The molecular formula is C6H8F2O4S. The van der Waals surface area contributed by atoms with Gasteiger partial charge in [0.1, 0.15) is 11.7 Å². The van der Waals surface area contributed by atoms with Gasteiger partial charge in [0.2, 0.25) is 0 Å². The van der Waals surface area contributed by atoms with Crippen LogP contribution in [-0.4, -0.2) is 36.9 Å². The summed E-state index contributed by atoms with van der Waals surface area (Å²) >= 11 is 0. The van der Waals surface area contributed by atoms with E-state index in [4.69, 9.17) is 5.11 Å². The van der Waals surface area contributed by atoms with E-state index in [0.29, 0.717) is 0 Å². The van der Waals surface area contributed by atoms with Gasteiger partial charge in [0, 0.05) is 0 Å². The van der Waals surface area contributed by atoms with Crippen LogP contribution in [0, 0.1) is 5.92 Å². The molecule has 0 aromatic heterocycles. The predicted molar refractivity (Wildman–Crippen MR) is 39.3 cm³/mol. The Hall–Kier alpha value is -0.720. The van der Waals surface area contributed by atoms with Crippen LogP contribution in [0.5, 0.6) is 0 Å². The minimum Gasteiger partial charge on any atom is -0.481 e. The van der Waals surface area contributed by atoms with Crippen molar-refractivity contribution in [1.29, 1.82) is 0 Å². The second kappa shape index (κ2) is 2.90. The first-order chi connectivity index (χ1) is 5.75. The Morgan fingerprint density at radius 2 is 2.00 bits per heavy atom. The zero-order chi connectivity index (χ0) is 10.3. The lowest BCUT2D eigenvalue weighted by molar-refractivity contribution is -0.155. The number of alkyl halides is 2. The molecule has 1 unspecified atom stereocenters. The molecule has 0 bridgehead atoms. The summed E-state index contributed by atoms with van der Waals surface area (Å²) in [6.45, 7) is 0. The molecule has 1 N–H and O–H groups in total. The second-order valence-electron chi connectivity index (χ2n) is 3.03. The van der Waals surface area contributed by atoms with Gasteiger partial charge in [-0.2, -0.15) is 0 Å². The van der Waals surface area contributed by atoms with Gasteiger partial charge in [-0.3, -0.25) is 4.79 Å². The normalized spacial score (nSPS) is 31.1. The number of sulfone groups is 1. The van der Waals surface area contributed by atoms with E-state index in [9.17, 15) is 22.0 Å². The third-order valence-electron chi connectivity index (χ3n) is 1.94. The highest BCUT2D eigenvalue weighted by Crippen LogP contribution is 2.34. The van der Waals surface area contributed by atoms with Crippen LogP contribution in [0.2, 0.25) is 0 Å². The van der Waals surface area contributed by atoms with Crippen LogP contribution in [-0.2, 0) is 14.6 Å². The van der Waals surface area contributed by atoms with E-state index >= 15 is 0 Å². The highest BCUT2D eigenvalue weighted by Gasteiger charge is 2.51. The first-order valence-corrected chi connectivity index (χ1v) is 5.38. The summed E-state index contributed by atoms with van der Waals surface area (Å²) in [7, 11) is -3.77. The van der Waals surface area contributed by atoms with Gasteiger partial charge in [-0.05, 0) is 6.42 Å². The van der Waals surface area contributed by atoms with Gasteiger partial charge in [-0.1, -0.05) is 0 Å². The Labute approximate surface area is 73.5 Å². The van der Waals surface area contributed by atoms with Crippen molar-refractivity contribution in [2.24, 2.45) is 5.92 Å². The molecule has 0 saturated carbocycles. The van der Waals surface area contributed by atoms with Gasteiger partial charge >= 0.3 is 5.97 Å². The molecule has 7 heteroatoms. The smallest absolute Gasteiger partial charge is 0.312 e. The van der Waals surface area contributed by atoms with Crippen LogP contribution >= 0.6 is 0 Å². The Kier molecular flexibility index (Phi) is 2.31. The van der Waals surface area contributed by atoms with E-state index < -0.39 is 45.6 Å². The number of carboxylic acid groups (broad SMARTS) is 1. The monoisotopic (exact) mass is 214 g/mol. The van der Waals surface area contributed by atoms with Crippen LogP contribution in [0.1, 0.15) is 6.42 Å². The van der Waals surface area contributed by atoms with Crippen molar-refractivity contribution in [3.8, 4) is 0 Å². The maximum atomic E-state index is 12.9. The largest absolute Gasteiger partial charge is 0.481 e. The minimum atomic E-state index is -3.77. The average molecular weight is 214 g/mol. The Morgan fingerprint density at radius 3 is 2.38 bits per heavy atom. The van der Waals surface area contributed by atoms with E-state index in [1.54, 1.807) is 0 Å². The highest BCUT2D eigenvalue weighted by atomic mass is 32.2. The van der Waals surface area contributed by atoms with E-state index in [2.05, 4.69) is 0 Å². The van der Waals surface area contributed by atoms with Crippen LogP contribution in [0.3, 0.4) is 0 Å². The van der Waals surface area contributed by atoms with Crippen molar-refractivity contribution in [1.82, 2.24) is 0 Å². The molecule has 13 heavy (non-hydrogen) atoms. The van der Waals surface area contributed by atoms with Gasteiger partial charge in [-0.25, -0.2) is 17.2 Å². The molecule has 0 aromatic rings. The molecule has 1 aliphatic rings. The molecule has 1 saturated heterocycles. The van der Waals surface area contributed by atoms with Crippen molar-refractivity contribution < 1.29 is 27.1 Å². The van der Waals surface area contributed by atoms with Crippen LogP contribution in [0.15, 0.2) is 0 Å². The number of rotatable bonds is 1. The zero-order valence-corrected chi connectivity index (χ0v) is 7.35. The number of hydrogen-bond donors (Lipinski definition) is 1. The van der Waals surface area contributed by atoms with Gasteiger partial charge < -0.3 is 5.11 Å². The fourth-order valence-corrected chi connectivity index (χ4v) is 2.81. The number of carbonyl (C=O) groups is 1. The van der Waals surface area contributed by atoms with Crippen molar-refractivity contribution >= 4 is 15.8 Å². The van der Waals surface area contributed by atoms with Crippen molar-refractivity contribution in [2.45, 2.75) is 12.3 Å². The predicted octanol–water partition coefficient (Wildman–Crippen LogP) is 0.141. The molecule has 1 heterocycles. The van der Waals surface area contributed by atoms with E-state index in [1.165, 1.54) is 0 Å². The number of halogens is 2. The summed E-state index contributed by atoms with van der Waals surface area (Å²) in [6.07, 6.45) is -0.509. The molecular weight excluding hydrogens is 206 g/mol. The molecule has 1 rings (SSSR count). The topological polar surface area (TPSA) is 71.4 Å². The lowest BCUT2D eigenvalue weighted by atomic mass is 9.99. The average Bonchev–Trinajstić information content (AvgIpc) is 1.79. The fraction of sp³-hybridized carbons (Fsp3) is 0.833. The number of aliphatic carboxylic acids is 1. The summed E-state index contributed by atoms with van der Waals surface area (Å²) in [5.74, 6) is -8.96. The van der Waals surface area contributed by atoms with E-state index in [-0.39, 0.29) is 0 Å². The van der Waals surface area contributed by atoms with Crippen LogP contribution in [0.25, 0.3) is 0 Å². The molecule has 0 amide bonds. The summed E-state index contributed by atoms with van der Waals surface area (Å²) in [5.41, 5.74) is 0. The lowest BCUT2D eigenvalue weighted by Gasteiger charge is -2.27. The van der Waals surface area contributed by atoms with Crippen LogP contribution in [0.4, 0.5) is 8.78 Å². The van der Waals surface area contributed by atoms with Gasteiger partial charge in [-0.15, -0.1) is 0 Å². The Morgan fingerprint density at radius 1 is 1.46 bits per heavy atom. The van der Waals surface area contributed by atoms with Gasteiger partial charge in [0.15, 0.2) is 9.84 Å². The second-order valence-corrected chi connectivity index (χ2v) is 5.22.